The second kappa shape index (κ2) is 4.94. The molecule has 0 bridgehead atoms. The van der Waals surface area contributed by atoms with Crippen LogP contribution in [0.2, 0.25) is 0 Å². The summed E-state index contributed by atoms with van der Waals surface area (Å²) in [6, 6.07) is 3.82. The topological polar surface area (TPSA) is 52.8 Å². The molecule has 0 aliphatic heterocycles. The van der Waals surface area contributed by atoms with Crippen molar-refractivity contribution < 1.29 is 14.3 Å². The Morgan fingerprint density at radius 1 is 1.30 bits per heavy atom. The highest BCUT2D eigenvalue weighted by Gasteiger charge is 2.29. The van der Waals surface area contributed by atoms with E-state index in [-0.39, 0.29) is 11.8 Å². The fourth-order valence-electron chi connectivity index (χ4n) is 2.08. The Bertz CT molecular complexity index is 741. The number of fused-ring (bicyclic) bond motifs is 1. The molecule has 0 spiro atoms. The zero-order valence-electron chi connectivity index (χ0n) is 11.7. The summed E-state index contributed by atoms with van der Waals surface area (Å²) in [7, 11) is 5.13. The van der Waals surface area contributed by atoms with Gasteiger partial charge in [0.1, 0.15) is 0 Å². The van der Waals surface area contributed by atoms with Crippen molar-refractivity contribution in [2.45, 2.75) is 12.8 Å². The SMILES string of the molecule is COc1cc2sc(=NC(=O)C3CC3)n(C)c2cc1OC. The number of hydrogen-bond acceptors (Lipinski definition) is 4. The molecule has 6 heteroatoms. The molecule has 1 saturated carbocycles. The second-order valence-electron chi connectivity index (χ2n) is 4.84. The summed E-state index contributed by atoms with van der Waals surface area (Å²) in [5.74, 6) is 1.49. The van der Waals surface area contributed by atoms with Crippen LogP contribution in [0.5, 0.6) is 11.5 Å². The number of thiazole rings is 1. The first-order valence-electron chi connectivity index (χ1n) is 6.44. The average molecular weight is 292 g/mol. The van der Waals surface area contributed by atoms with Crippen LogP contribution in [0.1, 0.15) is 12.8 Å². The van der Waals surface area contributed by atoms with Gasteiger partial charge in [0.25, 0.3) is 5.91 Å². The fraction of sp³-hybridized carbons (Fsp3) is 0.429. The molecule has 0 N–H and O–H groups in total. The van der Waals surface area contributed by atoms with Gasteiger partial charge >= 0.3 is 0 Å². The van der Waals surface area contributed by atoms with Crippen molar-refractivity contribution in [1.82, 2.24) is 4.57 Å². The Kier molecular flexibility index (Phi) is 3.25. The number of methoxy groups -OCH3 is 2. The highest BCUT2D eigenvalue weighted by Crippen LogP contribution is 2.33. The molecule has 20 heavy (non-hydrogen) atoms. The summed E-state index contributed by atoms with van der Waals surface area (Å²) in [6.07, 6.45) is 1.94. The molecule has 1 aliphatic carbocycles. The molecule has 2 aromatic rings. The van der Waals surface area contributed by atoms with Gasteiger partial charge in [-0.05, 0) is 12.8 Å². The first-order valence-corrected chi connectivity index (χ1v) is 7.26. The average Bonchev–Trinajstić information content (AvgIpc) is 3.25. The van der Waals surface area contributed by atoms with E-state index in [0.29, 0.717) is 16.3 Å². The molecule has 1 aromatic carbocycles. The van der Waals surface area contributed by atoms with Crippen molar-refractivity contribution in [1.29, 1.82) is 0 Å². The maximum Gasteiger partial charge on any atom is 0.251 e. The van der Waals surface area contributed by atoms with Gasteiger partial charge in [-0.25, -0.2) is 0 Å². The van der Waals surface area contributed by atoms with Gasteiger partial charge in [-0.3, -0.25) is 4.79 Å². The van der Waals surface area contributed by atoms with Crippen molar-refractivity contribution in [2.24, 2.45) is 18.0 Å². The van der Waals surface area contributed by atoms with Gasteiger partial charge in [0.2, 0.25) is 0 Å². The Morgan fingerprint density at radius 2 is 1.95 bits per heavy atom. The molecule has 0 saturated heterocycles. The minimum Gasteiger partial charge on any atom is -0.493 e. The van der Waals surface area contributed by atoms with Gasteiger partial charge in [-0.2, -0.15) is 4.99 Å². The van der Waals surface area contributed by atoms with Crippen molar-refractivity contribution in [3.05, 3.63) is 16.9 Å². The summed E-state index contributed by atoms with van der Waals surface area (Å²) in [6.45, 7) is 0. The molecule has 1 heterocycles. The van der Waals surface area contributed by atoms with Crippen LogP contribution in [0.25, 0.3) is 10.2 Å². The van der Waals surface area contributed by atoms with Crippen molar-refractivity contribution in [2.75, 3.05) is 14.2 Å². The lowest BCUT2D eigenvalue weighted by molar-refractivity contribution is -0.119. The number of aryl methyl sites for hydroxylation is 1. The van der Waals surface area contributed by atoms with Crippen LogP contribution in [-0.2, 0) is 11.8 Å². The van der Waals surface area contributed by atoms with Gasteiger partial charge in [0.05, 0.1) is 24.4 Å². The zero-order chi connectivity index (χ0) is 14.3. The van der Waals surface area contributed by atoms with Crippen LogP contribution in [0, 0.1) is 5.92 Å². The van der Waals surface area contributed by atoms with E-state index in [0.717, 1.165) is 23.1 Å². The minimum absolute atomic E-state index is 0.00825. The van der Waals surface area contributed by atoms with Crippen molar-refractivity contribution in [3.8, 4) is 11.5 Å². The third-order valence-electron chi connectivity index (χ3n) is 3.45. The lowest BCUT2D eigenvalue weighted by Crippen LogP contribution is -2.13. The van der Waals surface area contributed by atoms with Crippen LogP contribution in [0.15, 0.2) is 17.1 Å². The minimum atomic E-state index is -0.00825. The molecule has 1 amide bonds. The largest absolute Gasteiger partial charge is 0.493 e. The molecular weight excluding hydrogens is 276 g/mol. The fourth-order valence-corrected chi connectivity index (χ4v) is 3.11. The molecule has 0 atom stereocenters. The quantitative estimate of drug-likeness (QED) is 0.870. The molecule has 0 unspecified atom stereocenters. The summed E-state index contributed by atoms with van der Waals surface area (Å²) < 4.78 is 13.5. The Hall–Kier alpha value is -1.82. The Morgan fingerprint density at radius 3 is 2.55 bits per heavy atom. The molecule has 1 aromatic heterocycles. The Balaban J connectivity index is 2.16. The number of carbonyl (C=O) groups is 1. The van der Waals surface area contributed by atoms with Gasteiger partial charge < -0.3 is 14.0 Å². The molecule has 0 radical (unpaired) electrons. The van der Waals surface area contributed by atoms with Gasteiger partial charge in [-0.15, -0.1) is 0 Å². The number of amides is 1. The number of hydrogen-bond donors (Lipinski definition) is 0. The number of carbonyl (C=O) groups excluding carboxylic acids is 1. The lowest BCUT2D eigenvalue weighted by Gasteiger charge is -2.07. The summed E-state index contributed by atoms with van der Waals surface area (Å²) in [5, 5.41) is 0. The van der Waals surface area contributed by atoms with Crippen LogP contribution in [-0.4, -0.2) is 24.7 Å². The van der Waals surface area contributed by atoms with Gasteiger partial charge in [0, 0.05) is 25.1 Å². The van der Waals surface area contributed by atoms with Crippen LogP contribution in [0.3, 0.4) is 0 Å². The van der Waals surface area contributed by atoms with E-state index in [9.17, 15) is 4.79 Å². The first kappa shape index (κ1) is 13.2. The third kappa shape index (κ3) is 2.20. The highest BCUT2D eigenvalue weighted by molar-refractivity contribution is 7.16. The smallest absolute Gasteiger partial charge is 0.251 e. The third-order valence-corrected chi connectivity index (χ3v) is 4.54. The normalized spacial score (nSPS) is 15.7. The van der Waals surface area contributed by atoms with E-state index < -0.39 is 0 Å². The predicted molar refractivity (Wildman–Crippen MR) is 77.2 cm³/mol. The zero-order valence-corrected chi connectivity index (χ0v) is 12.5. The number of benzene rings is 1. The monoisotopic (exact) mass is 292 g/mol. The second-order valence-corrected chi connectivity index (χ2v) is 5.85. The standard InChI is InChI=1S/C14H16N2O3S/c1-16-9-6-10(18-2)11(19-3)7-12(9)20-14(16)15-13(17)8-4-5-8/h6-8H,4-5H2,1-3H3. The van der Waals surface area contributed by atoms with Gasteiger partial charge in [0.15, 0.2) is 16.3 Å². The van der Waals surface area contributed by atoms with E-state index in [1.807, 2.05) is 23.7 Å². The number of aromatic nitrogens is 1. The summed E-state index contributed by atoms with van der Waals surface area (Å²) in [5.41, 5.74) is 0.981. The molecular formula is C14H16N2O3S. The number of rotatable bonds is 3. The maximum atomic E-state index is 11.8. The van der Waals surface area contributed by atoms with Crippen LogP contribution in [0.4, 0.5) is 0 Å². The van der Waals surface area contributed by atoms with Crippen LogP contribution < -0.4 is 14.3 Å². The first-order chi connectivity index (χ1) is 9.63. The van der Waals surface area contributed by atoms with Gasteiger partial charge in [-0.1, -0.05) is 11.3 Å². The van der Waals surface area contributed by atoms with E-state index >= 15 is 0 Å². The van der Waals surface area contributed by atoms with Crippen LogP contribution >= 0.6 is 11.3 Å². The molecule has 1 fully saturated rings. The van der Waals surface area contributed by atoms with E-state index in [1.165, 1.54) is 11.3 Å². The number of ether oxygens (including phenoxy) is 2. The highest BCUT2D eigenvalue weighted by atomic mass is 32.1. The molecule has 5 nitrogen and oxygen atoms in total. The predicted octanol–water partition coefficient (Wildman–Crippen LogP) is 2.09. The molecule has 1 aliphatic rings. The molecule has 3 rings (SSSR count). The maximum absolute atomic E-state index is 11.8. The van der Waals surface area contributed by atoms with Crippen molar-refractivity contribution in [3.63, 3.8) is 0 Å². The van der Waals surface area contributed by atoms with E-state index in [4.69, 9.17) is 9.47 Å². The number of nitrogens with zero attached hydrogens (tertiary/aromatic N) is 2. The Labute approximate surface area is 120 Å². The van der Waals surface area contributed by atoms with E-state index in [1.54, 1.807) is 14.2 Å². The lowest BCUT2D eigenvalue weighted by atomic mass is 10.3. The van der Waals surface area contributed by atoms with E-state index in [2.05, 4.69) is 4.99 Å². The molecule has 106 valence electrons. The summed E-state index contributed by atoms with van der Waals surface area (Å²) >= 11 is 1.49. The van der Waals surface area contributed by atoms with Crippen molar-refractivity contribution >= 4 is 27.5 Å². The summed E-state index contributed by atoms with van der Waals surface area (Å²) in [4.78, 5) is 16.8.